The Kier molecular flexibility index (Phi) is 3.99. The fourth-order valence-corrected chi connectivity index (χ4v) is 1.84. The number of nitrogen functional groups attached to an aromatic ring is 1. The van der Waals surface area contributed by atoms with Crippen LogP contribution >= 0.6 is 0 Å². The molecule has 2 N–H and O–H groups in total. The molecule has 0 saturated carbocycles. The summed E-state index contributed by atoms with van der Waals surface area (Å²) in [5.41, 5.74) is 7.72. The van der Waals surface area contributed by atoms with Gasteiger partial charge in [0.1, 0.15) is 5.82 Å². The Balaban J connectivity index is 2.05. The number of rotatable bonds is 5. The van der Waals surface area contributed by atoms with Gasteiger partial charge in [0.2, 0.25) is 0 Å². The third-order valence-corrected chi connectivity index (χ3v) is 2.93. The molecule has 0 spiro atoms. The Morgan fingerprint density at radius 1 is 1.22 bits per heavy atom. The van der Waals surface area contributed by atoms with E-state index in [9.17, 15) is 0 Å². The molecule has 0 unspecified atom stereocenters. The van der Waals surface area contributed by atoms with Crippen molar-refractivity contribution in [2.24, 2.45) is 0 Å². The summed E-state index contributed by atoms with van der Waals surface area (Å²) in [7, 11) is 4.16. The number of anilines is 1. The van der Waals surface area contributed by atoms with Gasteiger partial charge in [-0.05, 0) is 31.8 Å². The fourth-order valence-electron chi connectivity index (χ4n) is 1.84. The maximum atomic E-state index is 5.68. The van der Waals surface area contributed by atoms with E-state index >= 15 is 0 Å². The first-order chi connectivity index (χ1) is 8.65. The maximum Gasteiger partial charge on any atom is 0.113 e. The van der Waals surface area contributed by atoms with E-state index in [1.54, 1.807) is 0 Å². The molecule has 0 radical (unpaired) electrons. The minimum absolute atomic E-state index is 0.801. The molecule has 0 aliphatic carbocycles. The molecule has 0 aliphatic rings. The van der Waals surface area contributed by atoms with Crippen LogP contribution in [0, 0.1) is 0 Å². The lowest BCUT2D eigenvalue weighted by Crippen LogP contribution is -2.19. The quantitative estimate of drug-likeness (QED) is 0.813. The van der Waals surface area contributed by atoms with E-state index in [4.69, 9.17) is 5.73 Å². The average Bonchev–Trinajstić information content (AvgIpc) is 2.77. The lowest BCUT2D eigenvalue weighted by molar-refractivity contribution is 0.381. The van der Waals surface area contributed by atoms with Crippen LogP contribution in [0.2, 0.25) is 0 Å². The van der Waals surface area contributed by atoms with Gasteiger partial charge < -0.3 is 15.2 Å². The number of imidazole rings is 1. The van der Waals surface area contributed by atoms with Crippen molar-refractivity contribution in [3.8, 4) is 0 Å². The minimum Gasteiger partial charge on any atom is -0.399 e. The fraction of sp³-hybridized carbons (Fsp3) is 0.357. The van der Waals surface area contributed by atoms with Crippen molar-refractivity contribution in [3.63, 3.8) is 0 Å². The smallest absolute Gasteiger partial charge is 0.113 e. The molecular weight excluding hydrogens is 224 g/mol. The van der Waals surface area contributed by atoms with E-state index in [0.29, 0.717) is 0 Å². The summed E-state index contributed by atoms with van der Waals surface area (Å²) in [6.07, 6.45) is 4.75. The largest absolute Gasteiger partial charge is 0.399 e. The zero-order valence-electron chi connectivity index (χ0n) is 11.0. The number of nitrogens with zero attached hydrogens (tertiary/aromatic N) is 3. The summed E-state index contributed by atoms with van der Waals surface area (Å²) in [6.45, 7) is 1.99. The van der Waals surface area contributed by atoms with Gasteiger partial charge in [-0.2, -0.15) is 0 Å². The topological polar surface area (TPSA) is 47.1 Å². The number of hydrogen-bond donors (Lipinski definition) is 1. The van der Waals surface area contributed by atoms with Gasteiger partial charge in [-0.3, -0.25) is 0 Å². The average molecular weight is 244 g/mol. The number of hydrogen-bond acceptors (Lipinski definition) is 3. The molecule has 0 aliphatic heterocycles. The van der Waals surface area contributed by atoms with E-state index in [0.717, 1.165) is 31.0 Å². The van der Waals surface area contributed by atoms with Gasteiger partial charge >= 0.3 is 0 Å². The van der Waals surface area contributed by atoms with Gasteiger partial charge in [0.25, 0.3) is 0 Å². The number of aromatic nitrogens is 2. The Bertz CT molecular complexity index is 485. The van der Waals surface area contributed by atoms with Crippen LogP contribution in [-0.2, 0) is 13.0 Å². The molecule has 0 fully saturated rings. The van der Waals surface area contributed by atoms with E-state index in [2.05, 4.69) is 40.7 Å². The summed E-state index contributed by atoms with van der Waals surface area (Å²) < 4.78 is 2.20. The second-order valence-corrected chi connectivity index (χ2v) is 4.76. The van der Waals surface area contributed by atoms with E-state index in [-0.39, 0.29) is 0 Å². The van der Waals surface area contributed by atoms with Crippen LogP contribution in [-0.4, -0.2) is 35.1 Å². The molecule has 2 aromatic rings. The van der Waals surface area contributed by atoms with Crippen molar-refractivity contribution in [2.45, 2.75) is 13.0 Å². The standard InChI is InChI=1S/C14H20N4/c1-17(2)9-10-18-8-7-16-14(18)11-12-3-5-13(15)6-4-12/h3-8H,9-11,15H2,1-2H3. The van der Waals surface area contributed by atoms with Gasteiger partial charge in [0.05, 0.1) is 0 Å². The molecule has 2 rings (SSSR count). The highest BCUT2D eigenvalue weighted by atomic mass is 15.1. The van der Waals surface area contributed by atoms with Gasteiger partial charge in [0.15, 0.2) is 0 Å². The predicted octanol–water partition coefficient (Wildman–Crippen LogP) is 1.62. The third kappa shape index (κ3) is 3.34. The number of likely N-dealkylation sites (N-methyl/N-ethyl adjacent to an activating group) is 1. The van der Waals surface area contributed by atoms with Crippen LogP contribution in [0.3, 0.4) is 0 Å². The molecule has 1 aromatic heterocycles. The number of nitrogens with two attached hydrogens (primary N) is 1. The molecular formula is C14H20N4. The molecule has 1 heterocycles. The molecule has 1 aromatic carbocycles. The summed E-state index contributed by atoms with van der Waals surface area (Å²) in [6, 6.07) is 7.98. The molecule has 0 amide bonds. The van der Waals surface area contributed by atoms with Crippen LogP contribution in [0.25, 0.3) is 0 Å². The minimum atomic E-state index is 0.801. The highest BCUT2D eigenvalue weighted by Gasteiger charge is 2.04. The van der Waals surface area contributed by atoms with Crippen LogP contribution in [0.1, 0.15) is 11.4 Å². The molecule has 18 heavy (non-hydrogen) atoms. The predicted molar refractivity (Wildman–Crippen MR) is 74.4 cm³/mol. The lowest BCUT2D eigenvalue weighted by Gasteiger charge is -2.12. The molecule has 0 atom stereocenters. The Morgan fingerprint density at radius 2 is 1.94 bits per heavy atom. The summed E-state index contributed by atoms with van der Waals surface area (Å²) in [4.78, 5) is 6.60. The van der Waals surface area contributed by atoms with E-state index < -0.39 is 0 Å². The van der Waals surface area contributed by atoms with Gasteiger partial charge in [-0.15, -0.1) is 0 Å². The molecule has 4 nitrogen and oxygen atoms in total. The summed E-state index contributed by atoms with van der Waals surface area (Å²) >= 11 is 0. The van der Waals surface area contributed by atoms with E-state index in [1.165, 1.54) is 5.56 Å². The highest BCUT2D eigenvalue weighted by molar-refractivity contribution is 5.39. The van der Waals surface area contributed by atoms with Crippen molar-refractivity contribution in [1.82, 2.24) is 14.5 Å². The van der Waals surface area contributed by atoms with Crippen molar-refractivity contribution >= 4 is 5.69 Å². The Labute approximate surface area is 108 Å². The van der Waals surface area contributed by atoms with Crippen LogP contribution in [0.5, 0.6) is 0 Å². The van der Waals surface area contributed by atoms with E-state index in [1.807, 2.05) is 24.5 Å². The maximum absolute atomic E-state index is 5.68. The first-order valence-electron chi connectivity index (χ1n) is 6.14. The monoisotopic (exact) mass is 244 g/mol. The van der Waals surface area contributed by atoms with Gasteiger partial charge in [-0.1, -0.05) is 12.1 Å². The SMILES string of the molecule is CN(C)CCn1ccnc1Cc1ccc(N)cc1. The first-order valence-corrected chi connectivity index (χ1v) is 6.14. The lowest BCUT2D eigenvalue weighted by atomic mass is 10.1. The molecule has 4 heteroatoms. The second kappa shape index (κ2) is 5.69. The summed E-state index contributed by atoms with van der Waals surface area (Å²) in [5.74, 6) is 1.10. The van der Waals surface area contributed by atoms with Crippen molar-refractivity contribution in [2.75, 3.05) is 26.4 Å². The van der Waals surface area contributed by atoms with Crippen molar-refractivity contribution in [3.05, 3.63) is 48.0 Å². The van der Waals surface area contributed by atoms with Crippen LogP contribution in [0.4, 0.5) is 5.69 Å². The highest BCUT2D eigenvalue weighted by Crippen LogP contribution is 2.10. The van der Waals surface area contributed by atoms with Crippen LogP contribution in [0.15, 0.2) is 36.7 Å². The van der Waals surface area contributed by atoms with Crippen molar-refractivity contribution in [1.29, 1.82) is 0 Å². The van der Waals surface area contributed by atoms with Gasteiger partial charge in [0, 0.05) is 37.6 Å². The third-order valence-electron chi connectivity index (χ3n) is 2.93. The normalized spacial score (nSPS) is 11.1. The summed E-state index contributed by atoms with van der Waals surface area (Å²) in [5, 5.41) is 0. The molecule has 96 valence electrons. The zero-order valence-corrected chi connectivity index (χ0v) is 11.0. The molecule has 0 bridgehead atoms. The number of benzene rings is 1. The first kappa shape index (κ1) is 12.6. The molecule has 0 saturated heterocycles. The van der Waals surface area contributed by atoms with Gasteiger partial charge in [-0.25, -0.2) is 4.98 Å². The zero-order chi connectivity index (χ0) is 13.0. The Hall–Kier alpha value is -1.81. The van der Waals surface area contributed by atoms with Crippen LogP contribution < -0.4 is 5.73 Å². The Morgan fingerprint density at radius 3 is 2.61 bits per heavy atom. The second-order valence-electron chi connectivity index (χ2n) is 4.76. The van der Waals surface area contributed by atoms with Crippen molar-refractivity contribution < 1.29 is 0 Å².